The smallest absolute Gasteiger partial charge is 0.340 e. The third-order valence-electron chi connectivity index (χ3n) is 6.69. The Kier molecular flexibility index (Phi) is 6.09. The van der Waals surface area contributed by atoms with Crippen LogP contribution in [-0.2, 0) is 18.2 Å². The van der Waals surface area contributed by atoms with Gasteiger partial charge in [0.05, 0.1) is 29.4 Å². The van der Waals surface area contributed by atoms with Gasteiger partial charge in [0.2, 0.25) is 0 Å². The number of carbonyl (C=O) groups excluding carboxylic acids is 2. The van der Waals surface area contributed by atoms with Gasteiger partial charge in [-0.05, 0) is 32.0 Å². The summed E-state index contributed by atoms with van der Waals surface area (Å²) in [7, 11) is 5.42. The summed E-state index contributed by atoms with van der Waals surface area (Å²) in [6.45, 7) is 5.17. The molecular formula is C24H30N6O4. The number of anilines is 1. The summed E-state index contributed by atoms with van der Waals surface area (Å²) >= 11 is 0. The first-order valence-electron chi connectivity index (χ1n) is 11.7. The van der Waals surface area contributed by atoms with Gasteiger partial charge in [-0.1, -0.05) is 0 Å². The molecule has 1 aliphatic carbocycles. The van der Waals surface area contributed by atoms with Crippen molar-refractivity contribution < 1.29 is 18.7 Å². The molecule has 3 heterocycles. The number of carbonyl (C=O) groups is 2. The first kappa shape index (κ1) is 22.5. The molecular weight excluding hydrogens is 436 g/mol. The van der Waals surface area contributed by atoms with Gasteiger partial charge in [-0.15, -0.1) is 0 Å². The number of hydrogen-bond acceptors (Lipinski definition) is 8. The molecule has 10 nitrogen and oxygen atoms in total. The van der Waals surface area contributed by atoms with Crippen LogP contribution in [0.3, 0.4) is 0 Å². The summed E-state index contributed by atoms with van der Waals surface area (Å²) in [4.78, 5) is 39.2. The number of aromatic nitrogens is 3. The highest BCUT2D eigenvalue weighted by atomic mass is 16.5. The second-order valence-corrected chi connectivity index (χ2v) is 9.16. The number of ether oxygens (including phenoxy) is 1. The molecule has 1 saturated carbocycles. The van der Waals surface area contributed by atoms with Gasteiger partial charge in [0.15, 0.2) is 11.6 Å². The Bertz CT molecular complexity index is 1220. The molecule has 2 fully saturated rings. The van der Waals surface area contributed by atoms with Gasteiger partial charge < -0.3 is 28.8 Å². The summed E-state index contributed by atoms with van der Waals surface area (Å²) in [5.74, 6) is 0.852. The van der Waals surface area contributed by atoms with Gasteiger partial charge in [-0.2, -0.15) is 0 Å². The van der Waals surface area contributed by atoms with Crippen LogP contribution in [0.1, 0.15) is 51.3 Å². The van der Waals surface area contributed by atoms with Crippen LogP contribution in [-0.4, -0.2) is 83.1 Å². The number of esters is 1. The molecule has 10 heteroatoms. The minimum absolute atomic E-state index is 0.190. The highest BCUT2D eigenvalue weighted by molar-refractivity contribution is 6.09. The zero-order valence-electron chi connectivity index (χ0n) is 19.8. The van der Waals surface area contributed by atoms with E-state index in [0.29, 0.717) is 23.0 Å². The van der Waals surface area contributed by atoms with E-state index in [1.54, 1.807) is 12.1 Å². The van der Waals surface area contributed by atoms with Crippen LogP contribution in [0.2, 0.25) is 0 Å². The number of amides is 1. The van der Waals surface area contributed by atoms with Crippen molar-refractivity contribution in [3.63, 3.8) is 0 Å². The first-order valence-corrected chi connectivity index (χ1v) is 11.7. The molecule has 1 N–H and O–H groups in total. The molecule has 180 valence electrons. The SMILES string of the molecule is COC(=O)c1cc2nc(CCN3CCN(C)CC3)n(C)c2cc1NC(=O)c1coc(C2CC2)n1. The summed E-state index contributed by atoms with van der Waals surface area (Å²) in [5.41, 5.74) is 2.31. The van der Waals surface area contributed by atoms with E-state index in [1.807, 2.05) is 11.6 Å². The number of nitrogens with zero attached hydrogens (tertiary/aromatic N) is 5. The fourth-order valence-corrected chi connectivity index (χ4v) is 4.32. The van der Waals surface area contributed by atoms with E-state index in [2.05, 4.69) is 27.1 Å². The van der Waals surface area contributed by atoms with Gasteiger partial charge in [-0.25, -0.2) is 14.8 Å². The third kappa shape index (κ3) is 4.55. The largest absolute Gasteiger partial charge is 0.465 e. The Hall–Kier alpha value is -3.24. The molecule has 1 aromatic carbocycles. The summed E-state index contributed by atoms with van der Waals surface area (Å²) in [6, 6.07) is 3.45. The fourth-order valence-electron chi connectivity index (χ4n) is 4.32. The Morgan fingerprint density at radius 1 is 1.15 bits per heavy atom. The molecule has 5 rings (SSSR count). The number of oxazole rings is 1. The summed E-state index contributed by atoms with van der Waals surface area (Å²) < 4.78 is 12.4. The minimum atomic E-state index is -0.541. The van der Waals surface area contributed by atoms with Gasteiger partial charge in [0.25, 0.3) is 5.91 Å². The molecule has 1 aliphatic heterocycles. The van der Waals surface area contributed by atoms with Gasteiger partial charge in [0.1, 0.15) is 12.1 Å². The van der Waals surface area contributed by atoms with Crippen molar-refractivity contribution in [2.24, 2.45) is 7.05 Å². The van der Waals surface area contributed by atoms with E-state index >= 15 is 0 Å². The molecule has 3 aromatic rings. The lowest BCUT2D eigenvalue weighted by molar-refractivity contribution is 0.0602. The zero-order chi connectivity index (χ0) is 23.8. The first-order chi connectivity index (χ1) is 16.4. The number of rotatable bonds is 7. The van der Waals surface area contributed by atoms with Crippen molar-refractivity contribution in [3.8, 4) is 0 Å². The number of likely N-dealkylation sites (N-methyl/N-ethyl adjacent to an activating group) is 1. The minimum Gasteiger partial charge on any atom is -0.465 e. The molecule has 2 aromatic heterocycles. The lowest BCUT2D eigenvalue weighted by atomic mass is 10.1. The van der Waals surface area contributed by atoms with E-state index < -0.39 is 11.9 Å². The summed E-state index contributed by atoms with van der Waals surface area (Å²) in [5, 5.41) is 2.81. The zero-order valence-corrected chi connectivity index (χ0v) is 19.8. The lowest BCUT2D eigenvalue weighted by Gasteiger charge is -2.32. The third-order valence-corrected chi connectivity index (χ3v) is 6.69. The Labute approximate surface area is 197 Å². The lowest BCUT2D eigenvalue weighted by Crippen LogP contribution is -2.45. The van der Waals surface area contributed by atoms with Crippen LogP contribution in [0, 0.1) is 0 Å². The quantitative estimate of drug-likeness (QED) is 0.529. The number of hydrogen-bond donors (Lipinski definition) is 1. The molecule has 0 spiro atoms. The Morgan fingerprint density at radius 2 is 1.91 bits per heavy atom. The van der Waals surface area contributed by atoms with E-state index in [0.717, 1.165) is 63.3 Å². The predicted molar refractivity (Wildman–Crippen MR) is 126 cm³/mol. The number of piperazine rings is 1. The molecule has 34 heavy (non-hydrogen) atoms. The number of benzene rings is 1. The van der Waals surface area contributed by atoms with Crippen LogP contribution in [0.5, 0.6) is 0 Å². The molecule has 1 amide bonds. The maximum absolute atomic E-state index is 12.8. The Balaban J connectivity index is 1.39. The van der Waals surface area contributed by atoms with E-state index in [9.17, 15) is 9.59 Å². The molecule has 0 radical (unpaired) electrons. The molecule has 2 aliphatic rings. The van der Waals surface area contributed by atoms with Crippen molar-refractivity contribution in [1.82, 2.24) is 24.3 Å². The second-order valence-electron chi connectivity index (χ2n) is 9.16. The van der Waals surface area contributed by atoms with Crippen molar-refractivity contribution >= 4 is 28.6 Å². The number of fused-ring (bicyclic) bond motifs is 1. The van der Waals surface area contributed by atoms with Gasteiger partial charge >= 0.3 is 5.97 Å². The average molecular weight is 467 g/mol. The molecule has 0 atom stereocenters. The maximum Gasteiger partial charge on any atom is 0.340 e. The number of nitrogens with one attached hydrogen (secondary N) is 1. The fraction of sp³-hybridized carbons (Fsp3) is 0.500. The van der Waals surface area contributed by atoms with E-state index in [-0.39, 0.29) is 11.3 Å². The van der Waals surface area contributed by atoms with Crippen molar-refractivity contribution in [3.05, 3.63) is 41.4 Å². The van der Waals surface area contributed by atoms with E-state index in [1.165, 1.54) is 13.4 Å². The molecule has 0 unspecified atom stereocenters. The topological polar surface area (TPSA) is 106 Å². The maximum atomic E-state index is 12.8. The van der Waals surface area contributed by atoms with Gasteiger partial charge in [-0.3, -0.25) is 4.79 Å². The van der Waals surface area contributed by atoms with Crippen LogP contribution in [0.4, 0.5) is 5.69 Å². The highest BCUT2D eigenvalue weighted by Gasteiger charge is 2.30. The predicted octanol–water partition coefficient (Wildman–Crippen LogP) is 2.27. The van der Waals surface area contributed by atoms with E-state index in [4.69, 9.17) is 14.1 Å². The monoisotopic (exact) mass is 466 g/mol. The van der Waals surface area contributed by atoms with Crippen molar-refractivity contribution in [2.75, 3.05) is 52.2 Å². The number of imidazole rings is 1. The second kappa shape index (κ2) is 9.19. The van der Waals surface area contributed by atoms with Crippen LogP contribution < -0.4 is 5.32 Å². The number of aryl methyl sites for hydroxylation is 1. The number of methoxy groups -OCH3 is 1. The summed E-state index contributed by atoms with van der Waals surface area (Å²) in [6.07, 6.45) is 4.22. The van der Waals surface area contributed by atoms with Crippen molar-refractivity contribution in [1.29, 1.82) is 0 Å². The normalized spacial score (nSPS) is 17.3. The van der Waals surface area contributed by atoms with Crippen molar-refractivity contribution in [2.45, 2.75) is 25.2 Å². The average Bonchev–Trinajstić information content (AvgIpc) is 3.49. The van der Waals surface area contributed by atoms with Gasteiger partial charge in [0, 0.05) is 52.1 Å². The Morgan fingerprint density at radius 3 is 2.62 bits per heavy atom. The standard InChI is InChI=1S/C24H30N6O4/c1-28-8-10-30(11-9-28)7-6-21-25-18-12-16(24(32)33-3)17(13-20(18)29(21)2)26-22(31)19-14-34-23(27-19)15-4-5-15/h12-15H,4-11H2,1-3H3,(H,26,31). The van der Waals surface area contributed by atoms with Crippen LogP contribution in [0.15, 0.2) is 22.8 Å². The van der Waals surface area contributed by atoms with Crippen LogP contribution in [0.25, 0.3) is 11.0 Å². The highest BCUT2D eigenvalue weighted by Crippen LogP contribution is 2.39. The molecule has 0 bridgehead atoms. The molecule has 1 saturated heterocycles. The van der Waals surface area contributed by atoms with Crippen LogP contribution >= 0.6 is 0 Å².